The average Bonchev–Trinajstić information content (AvgIpc) is 3.18. The highest BCUT2D eigenvalue weighted by Crippen LogP contribution is 2.52. The van der Waals surface area contributed by atoms with Crippen LogP contribution in [0.15, 0.2) is 42.5 Å². The zero-order valence-electron chi connectivity index (χ0n) is 19.2. The van der Waals surface area contributed by atoms with Crippen molar-refractivity contribution in [3.63, 3.8) is 0 Å². The molecule has 2 aromatic rings. The minimum absolute atomic E-state index is 0.00575. The van der Waals surface area contributed by atoms with E-state index >= 15 is 0 Å². The Morgan fingerprint density at radius 1 is 1.21 bits per heavy atom. The molecule has 34 heavy (non-hydrogen) atoms. The molecule has 2 fully saturated rings. The minimum atomic E-state index is -4.57. The number of nitrogens with one attached hydrogen (secondary N) is 1. The van der Waals surface area contributed by atoms with Gasteiger partial charge in [0.1, 0.15) is 0 Å². The van der Waals surface area contributed by atoms with Gasteiger partial charge >= 0.3 is 12.2 Å². The minimum Gasteiger partial charge on any atom is -0.341 e. The highest BCUT2D eigenvalue weighted by Gasteiger charge is 2.59. The Hall–Kier alpha value is -2.74. The zero-order chi connectivity index (χ0) is 24.8. The average molecular weight is 494 g/mol. The fourth-order valence-corrected chi connectivity index (χ4v) is 6.08. The molecule has 4 rings (SSSR count). The third-order valence-corrected chi connectivity index (χ3v) is 7.51. The van der Waals surface area contributed by atoms with Gasteiger partial charge in [0.05, 0.1) is 17.1 Å². The molecular weight excluding hydrogens is 467 g/mol. The van der Waals surface area contributed by atoms with Crippen LogP contribution in [-0.4, -0.2) is 47.9 Å². The van der Waals surface area contributed by atoms with Gasteiger partial charge in [-0.05, 0) is 48.2 Å². The monoisotopic (exact) mass is 493 g/mol. The van der Waals surface area contributed by atoms with Crippen LogP contribution >= 0.6 is 11.6 Å². The molecule has 5 nitrogen and oxygen atoms in total. The number of piperazine rings is 1. The summed E-state index contributed by atoms with van der Waals surface area (Å²) in [5.41, 5.74) is 0.122. The molecule has 0 aromatic heterocycles. The summed E-state index contributed by atoms with van der Waals surface area (Å²) in [7, 11) is 1.53. The maximum absolute atomic E-state index is 13.7. The Kier molecular flexibility index (Phi) is 6.31. The first-order valence-electron chi connectivity index (χ1n) is 11.2. The fourth-order valence-electron chi connectivity index (χ4n) is 5.83. The number of fused-ring (bicyclic) bond motifs is 1. The van der Waals surface area contributed by atoms with Gasteiger partial charge in [0, 0.05) is 37.5 Å². The molecule has 0 radical (unpaired) electrons. The molecular formula is C25H27ClF3N3O2. The van der Waals surface area contributed by atoms with Gasteiger partial charge in [-0.25, -0.2) is 4.79 Å². The van der Waals surface area contributed by atoms with E-state index in [-0.39, 0.29) is 23.5 Å². The van der Waals surface area contributed by atoms with E-state index < -0.39 is 29.2 Å². The molecule has 1 N–H and O–H groups in total. The van der Waals surface area contributed by atoms with E-state index in [0.717, 1.165) is 23.3 Å². The second-order valence-electron chi connectivity index (χ2n) is 8.98. The molecule has 0 bridgehead atoms. The number of nitrogens with zero attached hydrogens (tertiary/aromatic N) is 2. The predicted octanol–water partition coefficient (Wildman–Crippen LogP) is 5.31. The van der Waals surface area contributed by atoms with Crippen LogP contribution in [0.4, 0.5) is 18.0 Å². The number of rotatable bonds is 3. The van der Waals surface area contributed by atoms with E-state index in [9.17, 15) is 22.8 Å². The lowest BCUT2D eigenvalue weighted by molar-refractivity contribution is -0.137. The summed E-state index contributed by atoms with van der Waals surface area (Å²) in [5, 5.41) is 2.67. The topological polar surface area (TPSA) is 52.7 Å². The second kappa shape index (κ2) is 8.80. The lowest BCUT2D eigenvalue weighted by atomic mass is 9.66. The Labute approximate surface area is 201 Å². The van der Waals surface area contributed by atoms with Crippen molar-refractivity contribution in [1.29, 1.82) is 0 Å². The normalized spacial score (nSPS) is 23.6. The zero-order valence-corrected chi connectivity index (χ0v) is 20.0. The Morgan fingerprint density at radius 2 is 1.91 bits per heavy atom. The summed E-state index contributed by atoms with van der Waals surface area (Å²) in [6.45, 7) is 4.37. The summed E-state index contributed by atoms with van der Waals surface area (Å²) in [5.74, 6) is -0.613. The highest BCUT2D eigenvalue weighted by molar-refractivity contribution is 6.30. The molecule has 2 saturated heterocycles. The van der Waals surface area contributed by atoms with Gasteiger partial charge in [-0.1, -0.05) is 42.8 Å². The maximum Gasteiger partial charge on any atom is 0.416 e. The van der Waals surface area contributed by atoms with E-state index in [4.69, 9.17) is 11.6 Å². The van der Waals surface area contributed by atoms with E-state index in [0.29, 0.717) is 24.9 Å². The van der Waals surface area contributed by atoms with Crippen molar-refractivity contribution in [2.24, 2.45) is 0 Å². The molecule has 3 amide bonds. The largest absolute Gasteiger partial charge is 0.416 e. The van der Waals surface area contributed by atoms with Crippen molar-refractivity contribution >= 4 is 23.5 Å². The molecule has 182 valence electrons. The van der Waals surface area contributed by atoms with Gasteiger partial charge in [-0.3, -0.25) is 4.79 Å². The Bertz CT molecular complexity index is 1120. The first-order chi connectivity index (χ1) is 16.0. The number of alkyl halides is 3. The SMILES string of the molecule is CNC(=O)N1CCN2C(=O)CCC2C1(c1ccccc1C)[C@H](C)c1cc(Cl)cc(C(F)(F)F)c1. The smallest absolute Gasteiger partial charge is 0.341 e. The molecule has 2 heterocycles. The number of carbonyl (C=O) groups is 2. The van der Waals surface area contributed by atoms with Crippen molar-refractivity contribution in [1.82, 2.24) is 15.1 Å². The van der Waals surface area contributed by atoms with Gasteiger partial charge in [0.25, 0.3) is 0 Å². The Balaban J connectivity index is 2.02. The molecule has 3 atom stereocenters. The van der Waals surface area contributed by atoms with Crippen LogP contribution in [0.5, 0.6) is 0 Å². The van der Waals surface area contributed by atoms with Crippen LogP contribution in [0.2, 0.25) is 5.02 Å². The number of amides is 3. The third-order valence-electron chi connectivity index (χ3n) is 7.29. The van der Waals surface area contributed by atoms with Crippen molar-refractivity contribution in [2.75, 3.05) is 20.1 Å². The van der Waals surface area contributed by atoms with Gasteiger partial charge in [0.2, 0.25) is 5.91 Å². The van der Waals surface area contributed by atoms with Crippen molar-refractivity contribution in [3.05, 3.63) is 69.7 Å². The lowest BCUT2D eigenvalue weighted by Crippen LogP contribution is -2.69. The summed E-state index contributed by atoms with van der Waals surface area (Å²) in [6.07, 6.45) is -3.74. The number of halogens is 4. The van der Waals surface area contributed by atoms with Crippen molar-refractivity contribution in [3.8, 4) is 0 Å². The van der Waals surface area contributed by atoms with Gasteiger partial charge < -0.3 is 15.1 Å². The van der Waals surface area contributed by atoms with Gasteiger partial charge in [-0.2, -0.15) is 13.2 Å². The van der Waals surface area contributed by atoms with Gasteiger partial charge in [0.15, 0.2) is 0 Å². The number of benzene rings is 2. The number of hydrogen-bond acceptors (Lipinski definition) is 2. The molecule has 0 saturated carbocycles. The van der Waals surface area contributed by atoms with E-state index in [1.165, 1.54) is 13.1 Å². The summed E-state index contributed by atoms with van der Waals surface area (Å²) in [4.78, 5) is 29.6. The van der Waals surface area contributed by atoms with Crippen LogP contribution in [0.3, 0.4) is 0 Å². The molecule has 2 unspecified atom stereocenters. The molecule has 2 aromatic carbocycles. The fraction of sp³-hybridized carbons (Fsp3) is 0.440. The summed E-state index contributed by atoms with van der Waals surface area (Å²) < 4.78 is 41.0. The first-order valence-corrected chi connectivity index (χ1v) is 11.6. The lowest BCUT2D eigenvalue weighted by Gasteiger charge is -2.57. The van der Waals surface area contributed by atoms with Crippen LogP contribution in [-0.2, 0) is 16.5 Å². The third kappa shape index (κ3) is 3.82. The maximum atomic E-state index is 13.7. The molecule has 2 aliphatic rings. The van der Waals surface area contributed by atoms with Gasteiger partial charge in [-0.15, -0.1) is 0 Å². The standard InChI is InChI=1S/C25H27ClF3N3O2/c1-15-6-4-5-7-20(15)24(16(2)17-12-18(25(27,28)29)14-19(26)13-17)21-8-9-22(33)31(21)10-11-32(24)23(34)30-3/h4-7,12-14,16,21H,8-11H2,1-3H3,(H,30,34)/t16-,21?,24?/m1/s1. The Morgan fingerprint density at radius 3 is 2.56 bits per heavy atom. The highest BCUT2D eigenvalue weighted by atomic mass is 35.5. The number of urea groups is 1. The van der Waals surface area contributed by atoms with E-state index in [2.05, 4.69) is 5.32 Å². The molecule has 0 spiro atoms. The van der Waals surface area contributed by atoms with E-state index in [1.54, 1.807) is 9.80 Å². The van der Waals surface area contributed by atoms with Crippen LogP contribution in [0, 0.1) is 6.92 Å². The van der Waals surface area contributed by atoms with E-state index in [1.807, 2.05) is 38.1 Å². The van der Waals surface area contributed by atoms with Crippen LogP contribution in [0.1, 0.15) is 47.9 Å². The van der Waals surface area contributed by atoms with Crippen LogP contribution in [0.25, 0.3) is 0 Å². The first kappa shape index (κ1) is 24.4. The summed E-state index contributed by atoms with van der Waals surface area (Å²) in [6, 6.07) is 10.4. The van der Waals surface area contributed by atoms with Crippen molar-refractivity contribution in [2.45, 2.75) is 50.4 Å². The molecule has 0 aliphatic carbocycles. The second-order valence-corrected chi connectivity index (χ2v) is 9.42. The summed E-state index contributed by atoms with van der Waals surface area (Å²) >= 11 is 6.16. The molecule has 9 heteroatoms. The molecule has 2 aliphatic heterocycles. The predicted molar refractivity (Wildman–Crippen MR) is 124 cm³/mol. The number of aryl methyl sites for hydroxylation is 1. The number of carbonyl (C=O) groups excluding carboxylic acids is 2. The van der Waals surface area contributed by atoms with Crippen molar-refractivity contribution < 1.29 is 22.8 Å². The quantitative estimate of drug-likeness (QED) is 0.630. The van der Waals surface area contributed by atoms with Crippen LogP contribution < -0.4 is 5.32 Å². The number of hydrogen-bond donors (Lipinski definition) is 1.